The second kappa shape index (κ2) is 5.76. The van der Waals surface area contributed by atoms with E-state index in [4.69, 9.17) is 5.73 Å². The van der Waals surface area contributed by atoms with E-state index < -0.39 is 15.7 Å². The van der Waals surface area contributed by atoms with Crippen molar-refractivity contribution in [2.45, 2.75) is 11.4 Å². The number of nitrogens with zero attached hydrogens (tertiary/aromatic N) is 1. The molecular formula is C17H15FN2O3S. The summed E-state index contributed by atoms with van der Waals surface area (Å²) in [6.45, 7) is 0.320. The van der Waals surface area contributed by atoms with Crippen LogP contribution in [-0.2, 0) is 16.4 Å². The number of amides is 1. The molecule has 0 aliphatic rings. The molecule has 7 heteroatoms. The third kappa shape index (κ3) is 3.03. The van der Waals surface area contributed by atoms with Gasteiger partial charge in [-0.15, -0.1) is 0 Å². The van der Waals surface area contributed by atoms with Crippen molar-refractivity contribution in [1.82, 2.24) is 4.57 Å². The van der Waals surface area contributed by atoms with Crippen molar-refractivity contribution in [2.75, 3.05) is 6.26 Å². The molecule has 24 heavy (non-hydrogen) atoms. The Morgan fingerprint density at radius 1 is 1.12 bits per heavy atom. The summed E-state index contributed by atoms with van der Waals surface area (Å²) < 4.78 is 38.1. The lowest BCUT2D eigenvalue weighted by atomic mass is 10.2. The van der Waals surface area contributed by atoms with E-state index in [2.05, 4.69) is 0 Å². The van der Waals surface area contributed by atoms with Gasteiger partial charge in [0.15, 0.2) is 9.84 Å². The fourth-order valence-corrected chi connectivity index (χ4v) is 3.28. The molecule has 0 atom stereocenters. The van der Waals surface area contributed by atoms with Crippen molar-refractivity contribution in [3.05, 3.63) is 65.6 Å². The molecule has 124 valence electrons. The van der Waals surface area contributed by atoms with Crippen molar-refractivity contribution in [2.24, 2.45) is 5.73 Å². The third-order valence-electron chi connectivity index (χ3n) is 3.81. The number of benzene rings is 2. The van der Waals surface area contributed by atoms with E-state index in [1.807, 2.05) is 0 Å². The highest BCUT2D eigenvalue weighted by molar-refractivity contribution is 7.90. The number of halogens is 1. The maximum Gasteiger partial charge on any atom is 0.265 e. The summed E-state index contributed by atoms with van der Waals surface area (Å²) in [6, 6.07) is 12.1. The molecule has 0 fully saturated rings. The van der Waals surface area contributed by atoms with Gasteiger partial charge in [0.25, 0.3) is 5.91 Å². The van der Waals surface area contributed by atoms with Gasteiger partial charge in [0.05, 0.1) is 4.90 Å². The zero-order chi connectivity index (χ0) is 17.5. The first-order valence-electron chi connectivity index (χ1n) is 7.13. The van der Waals surface area contributed by atoms with Crippen LogP contribution in [0.25, 0.3) is 10.9 Å². The minimum absolute atomic E-state index is 0.171. The molecule has 0 radical (unpaired) electrons. The molecule has 5 nitrogen and oxygen atoms in total. The lowest BCUT2D eigenvalue weighted by Gasteiger charge is -2.09. The molecule has 0 spiro atoms. The second-order valence-electron chi connectivity index (χ2n) is 5.60. The minimum Gasteiger partial charge on any atom is -0.364 e. The van der Waals surface area contributed by atoms with Gasteiger partial charge < -0.3 is 10.3 Å². The van der Waals surface area contributed by atoms with E-state index in [1.54, 1.807) is 28.8 Å². The van der Waals surface area contributed by atoms with Crippen molar-refractivity contribution in [3.8, 4) is 0 Å². The smallest absolute Gasteiger partial charge is 0.265 e. The maximum absolute atomic E-state index is 13.0. The maximum atomic E-state index is 13.0. The van der Waals surface area contributed by atoms with Crippen LogP contribution in [0, 0.1) is 5.82 Å². The Hall–Kier alpha value is -2.67. The first-order chi connectivity index (χ1) is 11.3. The molecule has 0 unspecified atom stereocenters. The average molecular weight is 346 g/mol. The van der Waals surface area contributed by atoms with Crippen LogP contribution in [0.3, 0.4) is 0 Å². The zero-order valence-corrected chi connectivity index (χ0v) is 13.7. The number of hydrogen-bond donors (Lipinski definition) is 1. The number of sulfone groups is 1. The van der Waals surface area contributed by atoms with Crippen molar-refractivity contribution in [3.63, 3.8) is 0 Å². The largest absolute Gasteiger partial charge is 0.364 e. The zero-order valence-electron chi connectivity index (χ0n) is 12.9. The monoisotopic (exact) mass is 346 g/mol. The molecule has 3 aromatic rings. The van der Waals surface area contributed by atoms with Gasteiger partial charge in [-0.25, -0.2) is 12.8 Å². The van der Waals surface area contributed by atoms with Gasteiger partial charge in [-0.2, -0.15) is 0 Å². The molecule has 1 aromatic heterocycles. The molecule has 2 aromatic carbocycles. The van der Waals surface area contributed by atoms with Crippen LogP contribution < -0.4 is 5.73 Å². The second-order valence-corrected chi connectivity index (χ2v) is 7.61. The summed E-state index contributed by atoms with van der Waals surface area (Å²) in [6.07, 6.45) is 1.12. The van der Waals surface area contributed by atoms with E-state index in [-0.39, 0.29) is 16.4 Å². The molecule has 3 rings (SSSR count). The van der Waals surface area contributed by atoms with Crippen LogP contribution >= 0.6 is 0 Å². The fraction of sp³-hybridized carbons (Fsp3) is 0.118. The van der Waals surface area contributed by atoms with Crippen LogP contribution in [0.15, 0.2) is 53.4 Å². The number of fused-ring (bicyclic) bond motifs is 1. The Morgan fingerprint density at radius 3 is 2.38 bits per heavy atom. The van der Waals surface area contributed by atoms with Gasteiger partial charge >= 0.3 is 0 Å². The Morgan fingerprint density at radius 2 is 1.79 bits per heavy atom. The lowest BCUT2D eigenvalue weighted by Crippen LogP contribution is -2.17. The van der Waals surface area contributed by atoms with Gasteiger partial charge in [-0.1, -0.05) is 12.1 Å². The van der Waals surface area contributed by atoms with Crippen LogP contribution in [0.5, 0.6) is 0 Å². The first kappa shape index (κ1) is 16.2. The molecule has 0 saturated carbocycles. The predicted molar refractivity (Wildman–Crippen MR) is 89.1 cm³/mol. The summed E-state index contributed by atoms with van der Waals surface area (Å²) >= 11 is 0. The van der Waals surface area contributed by atoms with Gasteiger partial charge in [-0.3, -0.25) is 4.79 Å². The van der Waals surface area contributed by atoms with Gasteiger partial charge in [0.1, 0.15) is 11.5 Å². The van der Waals surface area contributed by atoms with E-state index in [0.717, 1.165) is 11.8 Å². The summed E-state index contributed by atoms with van der Waals surface area (Å²) in [4.78, 5) is 11.9. The van der Waals surface area contributed by atoms with E-state index in [1.165, 1.54) is 24.3 Å². The number of rotatable bonds is 4. The van der Waals surface area contributed by atoms with Gasteiger partial charge in [0.2, 0.25) is 0 Å². The lowest BCUT2D eigenvalue weighted by molar-refractivity contribution is 0.0992. The summed E-state index contributed by atoms with van der Waals surface area (Å²) in [7, 11) is -3.35. The number of carbonyl (C=O) groups is 1. The van der Waals surface area contributed by atoms with E-state index in [0.29, 0.717) is 17.4 Å². The Kier molecular flexibility index (Phi) is 3.88. The van der Waals surface area contributed by atoms with Crippen LogP contribution in [0.1, 0.15) is 16.1 Å². The molecule has 1 amide bonds. The van der Waals surface area contributed by atoms with Crippen LogP contribution in [0.4, 0.5) is 4.39 Å². The molecule has 1 heterocycles. The number of hydrogen-bond acceptors (Lipinski definition) is 3. The summed E-state index contributed by atoms with van der Waals surface area (Å²) in [5, 5.41) is 0.605. The summed E-state index contributed by atoms with van der Waals surface area (Å²) in [5.41, 5.74) is 7.18. The molecular weight excluding hydrogens is 331 g/mol. The van der Waals surface area contributed by atoms with Crippen molar-refractivity contribution < 1.29 is 17.6 Å². The predicted octanol–water partition coefficient (Wildman–Crippen LogP) is 2.33. The first-order valence-corrected chi connectivity index (χ1v) is 9.02. The Balaban J connectivity index is 2.16. The third-order valence-corrected chi connectivity index (χ3v) is 4.92. The highest BCUT2D eigenvalue weighted by Crippen LogP contribution is 2.24. The fourth-order valence-electron chi connectivity index (χ4n) is 2.63. The van der Waals surface area contributed by atoms with Gasteiger partial charge in [0, 0.05) is 23.7 Å². The van der Waals surface area contributed by atoms with E-state index in [9.17, 15) is 17.6 Å². The molecule has 0 saturated heterocycles. The highest BCUT2D eigenvalue weighted by Gasteiger charge is 2.16. The van der Waals surface area contributed by atoms with E-state index >= 15 is 0 Å². The standard InChI is InChI=1S/C17H15FN2O3S/c1-24(22,23)14-6-7-15-12(8-14)9-16(17(19)21)20(15)10-11-2-4-13(18)5-3-11/h2-9H,10H2,1H3,(H2,19,21). The molecule has 2 N–H and O–H groups in total. The number of carbonyl (C=O) groups excluding carboxylic acids is 1. The Labute approximate surface area is 138 Å². The number of primary amides is 1. The van der Waals surface area contributed by atoms with Crippen LogP contribution in [0.2, 0.25) is 0 Å². The normalized spacial score (nSPS) is 11.8. The molecule has 0 bridgehead atoms. The van der Waals surface area contributed by atoms with Crippen molar-refractivity contribution in [1.29, 1.82) is 0 Å². The molecule has 0 aliphatic carbocycles. The Bertz CT molecular complexity index is 1040. The quantitative estimate of drug-likeness (QED) is 0.787. The summed E-state index contributed by atoms with van der Waals surface area (Å²) in [5.74, 6) is -0.960. The minimum atomic E-state index is -3.35. The SMILES string of the molecule is CS(=O)(=O)c1ccc2c(c1)cc(C(N)=O)n2Cc1ccc(F)cc1. The highest BCUT2D eigenvalue weighted by atomic mass is 32.2. The topological polar surface area (TPSA) is 82.2 Å². The average Bonchev–Trinajstić information content (AvgIpc) is 2.87. The van der Waals surface area contributed by atoms with Gasteiger partial charge in [-0.05, 0) is 42.0 Å². The number of aromatic nitrogens is 1. The number of nitrogens with two attached hydrogens (primary N) is 1. The van der Waals surface area contributed by atoms with Crippen LogP contribution in [-0.4, -0.2) is 25.1 Å². The van der Waals surface area contributed by atoms with Crippen molar-refractivity contribution >= 4 is 26.6 Å². The molecule has 0 aliphatic heterocycles.